The van der Waals surface area contributed by atoms with Gasteiger partial charge in [-0.25, -0.2) is 0 Å². The van der Waals surface area contributed by atoms with Gasteiger partial charge in [0.1, 0.15) is 12.4 Å². The number of aromatic nitrogens is 2. The molecule has 0 atom stereocenters. The molecule has 2 aromatic rings. The molecule has 0 fully saturated rings. The molecular weight excluding hydrogens is 250 g/mol. The van der Waals surface area contributed by atoms with Gasteiger partial charge in [0.05, 0.1) is 12.2 Å². The molecule has 4 nitrogen and oxygen atoms in total. The van der Waals surface area contributed by atoms with E-state index in [-0.39, 0.29) is 0 Å². The monoisotopic (exact) mass is 273 g/mol. The zero-order valence-electron chi connectivity index (χ0n) is 12.7. The average Bonchev–Trinajstić information content (AvgIpc) is 2.69. The largest absolute Gasteiger partial charge is 0.492 e. The van der Waals surface area contributed by atoms with Gasteiger partial charge in [-0.3, -0.25) is 4.68 Å². The second-order valence-electron chi connectivity index (χ2n) is 5.04. The van der Waals surface area contributed by atoms with E-state index in [1.54, 1.807) is 0 Å². The van der Waals surface area contributed by atoms with Crippen LogP contribution in [0.5, 0.6) is 5.75 Å². The van der Waals surface area contributed by atoms with E-state index >= 15 is 0 Å². The fourth-order valence-corrected chi connectivity index (χ4v) is 2.16. The maximum Gasteiger partial charge on any atom is 0.119 e. The zero-order valence-corrected chi connectivity index (χ0v) is 12.7. The molecule has 0 aliphatic carbocycles. The summed E-state index contributed by atoms with van der Waals surface area (Å²) in [4.78, 5) is 0. The van der Waals surface area contributed by atoms with Crippen molar-refractivity contribution in [1.29, 1.82) is 0 Å². The molecule has 0 spiro atoms. The molecule has 4 heteroatoms. The molecule has 20 heavy (non-hydrogen) atoms. The quantitative estimate of drug-likeness (QED) is 0.879. The van der Waals surface area contributed by atoms with Crippen LogP contribution >= 0.6 is 0 Å². The Balaban J connectivity index is 1.87. The first-order chi connectivity index (χ1) is 9.61. The molecule has 0 unspecified atom stereocenters. The molecule has 1 aromatic carbocycles. The molecule has 1 N–H and O–H groups in total. The molecule has 0 radical (unpaired) electrons. The van der Waals surface area contributed by atoms with Crippen molar-refractivity contribution in [3.8, 4) is 5.75 Å². The molecule has 108 valence electrons. The molecular formula is C16H23N3O. The molecule has 1 aromatic heterocycles. The minimum atomic E-state index is 0.632. The van der Waals surface area contributed by atoms with Crippen LogP contribution in [-0.2, 0) is 13.1 Å². The molecule has 0 aliphatic rings. The van der Waals surface area contributed by atoms with Crippen molar-refractivity contribution in [3.63, 3.8) is 0 Å². The van der Waals surface area contributed by atoms with Gasteiger partial charge in [-0.05, 0) is 51.1 Å². The topological polar surface area (TPSA) is 39.1 Å². The Kier molecular flexibility index (Phi) is 4.79. The highest BCUT2D eigenvalue weighted by molar-refractivity contribution is 5.27. The Morgan fingerprint density at radius 1 is 1.15 bits per heavy atom. The van der Waals surface area contributed by atoms with E-state index in [1.807, 2.05) is 30.8 Å². The number of hydrogen-bond donors (Lipinski definition) is 1. The number of benzene rings is 1. The van der Waals surface area contributed by atoms with Gasteiger partial charge >= 0.3 is 0 Å². The summed E-state index contributed by atoms with van der Waals surface area (Å²) in [6.45, 7) is 8.54. The molecule has 0 amide bonds. The zero-order chi connectivity index (χ0) is 14.5. The third kappa shape index (κ3) is 3.39. The summed E-state index contributed by atoms with van der Waals surface area (Å²) in [5.74, 6) is 0.906. The summed E-state index contributed by atoms with van der Waals surface area (Å²) in [5, 5.41) is 7.64. The van der Waals surface area contributed by atoms with Gasteiger partial charge in [0, 0.05) is 12.2 Å². The van der Waals surface area contributed by atoms with Crippen LogP contribution in [0.15, 0.2) is 24.3 Å². The molecule has 0 bridgehead atoms. The Bertz CT molecular complexity index is 558. The minimum absolute atomic E-state index is 0.632. The standard InChI is InChI=1S/C16H23N3O/c1-12-13(2)18-19(14(12)3)9-10-20-16-7-5-15(6-8-16)11-17-4/h5-8,17H,9-11H2,1-4H3. The van der Waals surface area contributed by atoms with Crippen molar-refractivity contribution in [2.45, 2.75) is 33.9 Å². The summed E-state index contributed by atoms with van der Waals surface area (Å²) in [6.07, 6.45) is 0. The number of ether oxygens (including phenoxy) is 1. The van der Waals surface area contributed by atoms with Crippen molar-refractivity contribution in [2.24, 2.45) is 0 Å². The van der Waals surface area contributed by atoms with E-state index in [0.29, 0.717) is 6.61 Å². The van der Waals surface area contributed by atoms with Gasteiger partial charge in [-0.1, -0.05) is 12.1 Å². The third-order valence-electron chi connectivity index (χ3n) is 3.62. The number of nitrogens with zero attached hydrogens (tertiary/aromatic N) is 2. The Morgan fingerprint density at radius 2 is 1.85 bits per heavy atom. The lowest BCUT2D eigenvalue weighted by atomic mass is 10.2. The molecule has 1 heterocycles. The summed E-state index contributed by atoms with van der Waals surface area (Å²) < 4.78 is 7.78. The lowest BCUT2D eigenvalue weighted by molar-refractivity contribution is 0.289. The molecule has 0 aliphatic heterocycles. The first-order valence-electron chi connectivity index (χ1n) is 6.98. The average molecular weight is 273 g/mol. The van der Waals surface area contributed by atoms with Gasteiger partial charge in [0.15, 0.2) is 0 Å². The molecule has 2 rings (SSSR count). The van der Waals surface area contributed by atoms with Crippen LogP contribution in [0.25, 0.3) is 0 Å². The summed E-state index contributed by atoms with van der Waals surface area (Å²) in [7, 11) is 1.95. The van der Waals surface area contributed by atoms with Gasteiger partial charge in [-0.2, -0.15) is 5.10 Å². The summed E-state index contributed by atoms with van der Waals surface area (Å²) >= 11 is 0. The second kappa shape index (κ2) is 6.57. The maximum atomic E-state index is 5.77. The van der Waals surface area contributed by atoms with Crippen LogP contribution in [0.4, 0.5) is 0 Å². The predicted molar refractivity (Wildman–Crippen MR) is 81.1 cm³/mol. The Labute approximate surface area is 120 Å². The van der Waals surface area contributed by atoms with Crippen LogP contribution in [0.2, 0.25) is 0 Å². The van der Waals surface area contributed by atoms with Gasteiger partial charge in [0.2, 0.25) is 0 Å². The number of aryl methyl sites for hydroxylation is 1. The first-order valence-corrected chi connectivity index (χ1v) is 6.98. The van der Waals surface area contributed by atoms with Crippen LogP contribution < -0.4 is 10.1 Å². The lowest BCUT2D eigenvalue weighted by Gasteiger charge is -2.08. The van der Waals surface area contributed by atoms with Gasteiger partial charge < -0.3 is 10.1 Å². The van der Waals surface area contributed by atoms with Crippen molar-refractivity contribution < 1.29 is 4.74 Å². The highest BCUT2D eigenvalue weighted by Gasteiger charge is 2.06. The van der Waals surface area contributed by atoms with Crippen molar-refractivity contribution in [2.75, 3.05) is 13.7 Å². The number of nitrogens with one attached hydrogen (secondary N) is 1. The Morgan fingerprint density at radius 3 is 2.40 bits per heavy atom. The van der Waals surface area contributed by atoms with E-state index in [9.17, 15) is 0 Å². The molecule has 0 saturated heterocycles. The predicted octanol–water partition coefficient (Wildman–Crippen LogP) is 2.61. The Hall–Kier alpha value is -1.81. The van der Waals surface area contributed by atoms with Crippen molar-refractivity contribution in [3.05, 3.63) is 46.8 Å². The highest BCUT2D eigenvalue weighted by Crippen LogP contribution is 2.13. The van der Waals surface area contributed by atoms with Gasteiger partial charge in [0.25, 0.3) is 0 Å². The second-order valence-corrected chi connectivity index (χ2v) is 5.04. The number of rotatable bonds is 6. The van der Waals surface area contributed by atoms with Crippen molar-refractivity contribution >= 4 is 0 Å². The first kappa shape index (κ1) is 14.6. The summed E-state index contributed by atoms with van der Waals surface area (Å²) in [6, 6.07) is 8.19. The third-order valence-corrected chi connectivity index (χ3v) is 3.62. The minimum Gasteiger partial charge on any atom is -0.492 e. The summed E-state index contributed by atoms with van der Waals surface area (Å²) in [5.41, 5.74) is 4.84. The van der Waals surface area contributed by atoms with E-state index in [4.69, 9.17) is 4.74 Å². The maximum absolute atomic E-state index is 5.77. The normalized spacial score (nSPS) is 10.8. The lowest BCUT2D eigenvalue weighted by Crippen LogP contribution is -2.11. The van der Waals surface area contributed by atoms with Crippen LogP contribution in [-0.4, -0.2) is 23.4 Å². The van der Waals surface area contributed by atoms with Crippen LogP contribution in [0, 0.1) is 20.8 Å². The van der Waals surface area contributed by atoms with E-state index in [1.165, 1.54) is 16.8 Å². The fraction of sp³-hybridized carbons (Fsp3) is 0.438. The SMILES string of the molecule is CNCc1ccc(OCCn2nc(C)c(C)c2C)cc1. The van der Waals surface area contributed by atoms with Crippen molar-refractivity contribution in [1.82, 2.24) is 15.1 Å². The highest BCUT2D eigenvalue weighted by atomic mass is 16.5. The van der Waals surface area contributed by atoms with Crippen LogP contribution in [0.3, 0.4) is 0 Å². The smallest absolute Gasteiger partial charge is 0.119 e. The van der Waals surface area contributed by atoms with Crippen LogP contribution in [0.1, 0.15) is 22.5 Å². The number of hydrogen-bond acceptors (Lipinski definition) is 3. The fourth-order valence-electron chi connectivity index (χ4n) is 2.16. The van der Waals surface area contributed by atoms with E-state index in [0.717, 1.165) is 24.5 Å². The van der Waals surface area contributed by atoms with Gasteiger partial charge in [-0.15, -0.1) is 0 Å². The van der Waals surface area contributed by atoms with E-state index in [2.05, 4.69) is 36.4 Å². The molecule has 0 saturated carbocycles. The van der Waals surface area contributed by atoms with E-state index < -0.39 is 0 Å².